The quantitative estimate of drug-likeness (QED) is 0.399. The summed E-state index contributed by atoms with van der Waals surface area (Å²) in [6, 6.07) is 15.3. The number of benzene rings is 2. The first-order chi connectivity index (χ1) is 16.5. The van der Waals surface area contributed by atoms with E-state index in [0.29, 0.717) is 38.2 Å². The highest BCUT2D eigenvalue weighted by Gasteiger charge is 2.31. The number of aromatic amines is 1. The Bertz CT molecular complexity index is 1400. The third-order valence-electron chi connectivity index (χ3n) is 6.04. The molecule has 1 aliphatic rings. The molecule has 0 saturated carbocycles. The molecule has 1 unspecified atom stereocenters. The Hall–Kier alpha value is -4.05. The van der Waals surface area contributed by atoms with Gasteiger partial charge in [0.15, 0.2) is 0 Å². The molecule has 1 aliphatic heterocycles. The summed E-state index contributed by atoms with van der Waals surface area (Å²) >= 11 is 0. The van der Waals surface area contributed by atoms with E-state index in [9.17, 15) is 14.0 Å². The predicted molar refractivity (Wildman–Crippen MR) is 124 cm³/mol. The van der Waals surface area contributed by atoms with Crippen molar-refractivity contribution in [2.75, 3.05) is 12.3 Å². The maximum Gasteiger partial charge on any atom is 0.274 e. The molecule has 3 heterocycles. The minimum atomic E-state index is -0.423. The maximum atomic E-state index is 13.2. The number of H-pyrrole nitrogens is 1. The molecule has 0 radical (unpaired) electrons. The lowest BCUT2D eigenvalue weighted by molar-refractivity contribution is -0.127. The van der Waals surface area contributed by atoms with Gasteiger partial charge in [0.1, 0.15) is 5.82 Å². The van der Waals surface area contributed by atoms with Crippen LogP contribution < -0.4 is 16.6 Å². The molecular formula is C24H24FN7O2. The summed E-state index contributed by atoms with van der Waals surface area (Å²) in [5, 5.41) is 5.66. The van der Waals surface area contributed by atoms with Gasteiger partial charge in [0.2, 0.25) is 11.9 Å². The normalized spacial score (nSPS) is 15.9. The topological polar surface area (TPSA) is 121 Å². The Kier molecular flexibility index (Phi) is 5.81. The summed E-state index contributed by atoms with van der Waals surface area (Å²) in [5.41, 5.74) is 9.06. The van der Waals surface area contributed by atoms with Crippen LogP contribution in [0.4, 0.5) is 10.3 Å². The summed E-state index contributed by atoms with van der Waals surface area (Å²) in [7, 11) is 0. The lowest BCUT2D eigenvalue weighted by atomic mass is 9.93. The average Bonchev–Trinajstić information content (AvgIpc) is 3.20. The summed E-state index contributed by atoms with van der Waals surface area (Å²) in [5.74, 6) is -0.0866. The highest BCUT2D eigenvalue weighted by atomic mass is 19.1. The second kappa shape index (κ2) is 9.06. The van der Waals surface area contributed by atoms with Crippen LogP contribution in [0.5, 0.6) is 0 Å². The molecule has 0 saturated heterocycles. The van der Waals surface area contributed by atoms with Gasteiger partial charge in [0.05, 0.1) is 11.7 Å². The number of carbonyl (C=O) groups excluding carboxylic acids is 1. The molecule has 10 heteroatoms. The number of nitrogen functional groups attached to an aromatic ring is 1. The monoisotopic (exact) mass is 461 g/mol. The van der Waals surface area contributed by atoms with Crippen LogP contribution in [-0.2, 0) is 30.7 Å². The van der Waals surface area contributed by atoms with Gasteiger partial charge in [0, 0.05) is 25.7 Å². The first kappa shape index (κ1) is 21.8. The number of fused-ring (bicyclic) bond motifs is 2. The fourth-order valence-corrected chi connectivity index (χ4v) is 4.33. The zero-order chi connectivity index (χ0) is 23.7. The van der Waals surface area contributed by atoms with E-state index < -0.39 is 6.04 Å². The number of carbonyl (C=O) groups is 1. The molecule has 2 aromatic carbocycles. The number of aromatic nitrogens is 4. The van der Waals surface area contributed by atoms with E-state index in [0.717, 1.165) is 16.7 Å². The second-order valence-corrected chi connectivity index (χ2v) is 8.39. The number of rotatable bonds is 6. The Balaban J connectivity index is 1.34. The number of nitrogens with one attached hydrogen (secondary N) is 2. The van der Waals surface area contributed by atoms with E-state index in [4.69, 9.17) is 5.73 Å². The van der Waals surface area contributed by atoms with Crippen LogP contribution in [0.15, 0.2) is 59.4 Å². The molecule has 4 N–H and O–H groups in total. The van der Waals surface area contributed by atoms with Gasteiger partial charge in [0.25, 0.3) is 11.3 Å². The molecule has 0 aliphatic carbocycles. The molecule has 2 aromatic heterocycles. The van der Waals surface area contributed by atoms with Gasteiger partial charge in [-0.25, -0.2) is 9.37 Å². The number of hydrogen-bond donors (Lipinski definition) is 3. The van der Waals surface area contributed by atoms with Crippen molar-refractivity contribution in [2.24, 2.45) is 0 Å². The second-order valence-electron chi connectivity index (χ2n) is 8.39. The molecule has 9 nitrogen and oxygen atoms in total. The fourth-order valence-electron chi connectivity index (χ4n) is 4.33. The van der Waals surface area contributed by atoms with Gasteiger partial charge in [-0.15, -0.1) is 0 Å². The summed E-state index contributed by atoms with van der Waals surface area (Å²) in [6.45, 7) is 1.30. The Labute approximate surface area is 194 Å². The fraction of sp³-hybridized carbons (Fsp3) is 0.250. The zero-order valence-electron chi connectivity index (χ0n) is 18.4. The minimum absolute atomic E-state index is 0.0987. The van der Waals surface area contributed by atoms with Crippen molar-refractivity contribution in [1.82, 2.24) is 29.8 Å². The minimum Gasteiger partial charge on any atom is -0.368 e. The lowest BCUT2D eigenvalue weighted by Crippen LogP contribution is -2.50. The van der Waals surface area contributed by atoms with E-state index in [1.807, 2.05) is 29.2 Å². The van der Waals surface area contributed by atoms with Crippen molar-refractivity contribution < 1.29 is 9.18 Å². The van der Waals surface area contributed by atoms with Gasteiger partial charge >= 0.3 is 0 Å². The largest absolute Gasteiger partial charge is 0.368 e. The van der Waals surface area contributed by atoms with Crippen LogP contribution in [0.3, 0.4) is 0 Å². The molecular weight excluding hydrogens is 437 g/mol. The van der Waals surface area contributed by atoms with Gasteiger partial charge in [-0.05, 0) is 41.7 Å². The van der Waals surface area contributed by atoms with Gasteiger partial charge in [-0.2, -0.15) is 9.50 Å². The molecule has 1 atom stereocenters. The number of hydrogen-bond acceptors (Lipinski definition) is 6. The smallest absolute Gasteiger partial charge is 0.274 e. The van der Waals surface area contributed by atoms with E-state index in [1.165, 1.54) is 22.7 Å². The van der Waals surface area contributed by atoms with Crippen molar-refractivity contribution in [3.05, 3.63) is 93.2 Å². The van der Waals surface area contributed by atoms with E-state index in [2.05, 4.69) is 20.4 Å². The first-order valence-electron chi connectivity index (χ1n) is 11.0. The third-order valence-corrected chi connectivity index (χ3v) is 6.04. The average molecular weight is 462 g/mol. The summed E-state index contributed by atoms with van der Waals surface area (Å²) in [6.07, 6.45) is 1.15. The number of nitrogens with zero attached hydrogens (tertiary/aromatic N) is 4. The standard InChI is InChI=1S/C24H24FN7O2/c25-18-7-5-15(6-8-18)9-10-27-22(34)20-11-16-3-1-2-4-17(16)13-31(20)14-19-12-21(33)32-24(28-19)29-23(26)30-32/h1-8,12,20H,9-11,13-14H2,(H,27,34)(H3,26,28,29,30). The van der Waals surface area contributed by atoms with E-state index >= 15 is 0 Å². The molecule has 34 heavy (non-hydrogen) atoms. The molecule has 0 spiro atoms. The van der Waals surface area contributed by atoms with Crippen molar-refractivity contribution in [3.63, 3.8) is 0 Å². The van der Waals surface area contributed by atoms with Crippen LogP contribution in [0.2, 0.25) is 0 Å². The van der Waals surface area contributed by atoms with Crippen molar-refractivity contribution in [2.45, 2.75) is 32.0 Å². The predicted octanol–water partition coefficient (Wildman–Crippen LogP) is 1.42. The molecule has 1 amide bonds. The van der Waals surface area contributed by atoms with Gasteiger partial charge < -0.3 is 11.1 Å². The third kappa shape index (κ3) is 4.53. The SMILES string of the molecule is Nc1nc2nc(CN3Cc4ccccc4CC3C(=O)NCCc3ccc(F)cc3)cc(=O)n2[nH]1. The number of anilines is 1. The zero-order valence-corrected chi connectivity index (χ0v) is 18.4. The van der Waals surface area contributed by atoms with Crippen molar-refractivity contribution >= 4 is 17.6 Å². The van der Waals surface area contributed by atoms with Gasteiger partial charge in [-0.3, -0.25) is 19.6 Å². The van der Waals surface area contributed by atoms with Crippen LogP contribution in [0.25, 0.3) is 5.78 Å². The Morgan fingerprint density at radius 3 is 2.71 bits per heavy atom. The summed E-state index contributed by atoms with van der Waals surface area (Å²) in [4.78, 5) is 36.2. The van der Waals surface area contributed by atoms with Crippen LogP contribution in [0.1, 0.15) is 22.4 Å². The van der Waals surface area contributed by atoms with Crippen molar-refractivity contribution in [3.8, 4) is 0 Å². The van der Waals surface area contributed by atoms with Crippen LogP contribution in [-0.4, -0.2) is 43.0 Å². The Morgan fingerprint density at radius 2 is 1.91 bits per heavy atom. The highest BCUT2D eigenvalue weighted by Crippen LogP contribution is 2.25. The van der Waals surface area contributed by atoms with Crippen molar-refractivity contribution in [1.29, 1.82) is 0 Å². The Morgan fingerprint density at radius 1 is 1.15 bits per heavy atom. The van der Waals surface area contributed by atoms with E-state index in [-0.39, 0.29) is 29.0 Å². The maximum absolute atomic E-state index is 13.2. The number of amides is 1. The number of halogens is 1. The number of nitrogens with two attached hydrogens (primary N) is 1. The van der Waals surface area contributed by atoms with Crippen LogP contribution in [0, 0.1) is 5.82 Å². The van der Waals surface area contributed by atoms with Gasteiger partial charge in [-0.1, -0.05) is 36.4 Å². The van der Waals surface area contributed by atoms with E-state index in [1.54, 1.807) is 12.1 Å². The molecule has 5 rings (SSSR count). The lowest BCUT2D eigenvalue weighted by Gasteiger charge is -2.35. The molecule has 0 fully saturated rings. The molecule has 4 aromatic rings. The highest BCUT2D eigenvalue weighted by molar-refractivity contribution is 5.82. The van der Waals surface area contributed by atoms with Crippen LogP contribution >= 0.6 is 0 Å². The molecule has 0 bridgehead atoms. The summed E-state index contributed by atoms with van der Waals surface area (Å²) < 4.78 is 14.3. The molecule has 174 valence electrons. The first-order valence-corrected chi connectivity index (χ1v) is 11.0.